The van der Waals surface area contributed by atoms with Crippen molar-refractivity contribution in [3.63, 3.8) is 0 Å². The Hall–Kier alpha value is -4.93. The fraction of sp³-hybridized carbons (Fsp3) is 0.553. The molecule has 0 radical (unpaired) electrons. The van der Waals surface area contributed by atoms with Crippen LogP contribution < -0.4 is 20.1 Å². The molecule has 55 heavy (non-hydrogen) atoms. The molecular weight excluding hydrogens is 734 g/mol. The van der Waals surface area contributed by atoms with Crippen LogP contribution in [-0.2, 0) is 24.4 Å². The molecular formula is C38H46FN7O8S. The molecule has 4 heterocycles. The van der Waals surface area contributed by atoms with E-state index in [9.17, 15) is 32.0 Å². The van der Waals surface area contributed by atoms with Gasteiger partial charge in [-0.1, -0.05) is 50.1 Å². The molecule has 0 spiro atoms. The summed E-state index contributed by atoms with van der Waals surface area (Å²) < 4.78 is 53.7. The van der Waals surface area contributed by atoms with E-state index in [-0.39, 0.29) is 48.9 Å². The quantitative estimate of drug-likeness (QED) is 0.281. The van der Waals surface area contributed by atoms with Gasteiger partial charge in [0, 0.05) is 18.4 Å². The molecule has 3 N–H and O–H groups in total. The number of nitrogens with one attached hydrogen (secondary N) is 3. The van der Waals surface area contributed by atoms with Crippen LogP contribution in [-0.4, -0.2) is 87.1 Å². The molecule has 1 aromatic carbocycles. The molecule has 17 heteroatoms. The van der Waals surface area contributed by atoms with Gasteiger partial charge in [0.15, 0.2) is 5.82 Å². The third-order valence-corrected chi connectivity index (χ3v) is 13.3. The van der Waals surface area contributed by atoms with Crippen LogP contribution in [0.3, 0.4) is 0 Å². The average Bonchev–Trinajstić information content (AvgIpc) is 3.90. The Morgan fingerprint density at radius 1 is 1.15 bits per heavy atom. The molecule has 15 nitrogen and oxygen atoms in total. The summed E-state index contributed by atoms with van der Waals surface area (Å²) in [4.78, 5) is 66.4. The number of para-hydroxylation sites is 1. The van der Waals surface area contributed by atoms with Gasteiger partial charge in [-0.05, 0) is 70.4 Å². The van der Waals surface area contributed by atoms with Crippen LogP contribution in [0.1, 0.15) is 106 Å². The summed E-state index contributed by atoms with van der Waals surface area (Å²) in [6, 6.07) is 3.66. The number of ether oxygens (including phenoxy) is 1. The number of aromatic nitrogens is 3. The number of aryl methyl sites for hydroxylation is 1. The summed E-state index contributed by atoms with van der Waals surface area (Å²) in [6.45, 7) is 6.91. The Morgan fingerprint density at radius 2 is 1.93 bits per heavy atom. The van der Waals surface area contributed by atoms with Crippen molar-refractivity contribution in [1.29, 1.82) is 0 Å². The van der Waals surface area contributed by atoms with Crippen molar-refractivity contribution in [1.82, 2.24) is 35.4 Å². The van der Waals surface area contributed by atoms with Gasteiger partial charge in [0.25, 0.3) is 11.8 Å². The van der Waals surface area contributed by atoms with Crippen molar-refractivity contribution >= 4 is 44.7 Å². The van der Waals surface area contributed by atoms with E-state index in [0.29, 0.717) is 42.6 Å². The first-order valence-electron chi connectivity index (χ1n) is 18.8. The summed E-state index contributed by atoms with van der Waals surface area (Å²) in [5.74, 6) is -3.83. The largest absolute Gasteiger partial charge is 0.471 e. The first-order chi connectivity index (χ1) is 26.1. The minimum Gasteiger partial charge on any atom is -0.471 e. The van der Waals surface area contributed by atoms with E-state index < -0.39 is 73.9 Å². The number of nitrogens with zero attached hydrogens (tertiary/aromatic N) is 4. The Balaban J connectivity index is 1.20. The van der Waals surface area contributed by atoms with E-state index in [1.54, 1.807) is 19.9 Å². The number of hydrogen-bond donors (Lipinski definition) is 3. The minimum atomic E-state index is -4.02. The zero-order valence-electron chi connectivity index (χ0n) is 31.3. The van der Waals surface area contributed by atoms with Crippen LogP contribution in [0, 0.1) is 18.7 Å². The average molecular weight is 780 g/mol. The second-order valence-corrected chi connectivity index (χ2v) is 17.9. The highest BCUT2D eigenvalue weighted by atomic mass is 32.2. The molecule has 2 aliphatic heterocycles. The van der Waals surface area contributed by atoms with E-state index in [2.05, 4.69) is 30.5 Å². The smallest absolute Gasteiger partial charge is 0.290 e. The van der Waals surface area contributed by atoms with E-state index in [0.717, 1.165) is 12.8 Å². The number of sulfonamides is 1. The van der Waals surface area contributed by atoms with Gasteiger partial charge < -0.3 is 24.8 Å². The fourth-order valence-corrected chi connectivity index (χ4v) is 8.54. The van der Waals surface area contributed by atoms with Gasteiger partial charge in [-0.3, -0.25) is 23.9 Å². The lowest BCUT2D eigenvalue weighted by Crippen LogP contribution is -2.58. The monoisotopic (exact) mass is 779 g/mol. The summed E-state index contributed by atoms with van der Waals surface area (Å²) in [6.07, 6.45) is 6.85. The number of benzene rings is 1. The summed E-state index contributed by atoms with van der Waals surface area (Å²) in [7, 11) is -4.02. The highest BCUT2D eigenvalue weighted by Gasteiger charge is 2.63. The van der Waals surface area contributed by atoms with Gasteiger partial charge >= 0.3 is 0 Å². The van der Waals surface area contributed by atoms with Gasteiger partial charge in [0.05, 0.1) is 22.5 Å². The van der Waals surface area contributed by atoms with E-state index >= 15 is 0 Å². The molecule has 0 bridgehead atoms. The number of allylic oxidation sites excluding steroid dienone is 1. The number of carbonyl (C=O) groups is 4. The molecule has 1 unspecified atom stereocenters. The number of fused-ring (bicyclic) bond motifs is 3. The van der Waals surface area contributed by atoms with Gasteiger partial charge in [-0.15, -0.1) is 0 Å². The van der Waals surface area contributed by atoms with Crippen molar-refractivity contribution in [3.8, 4) is 5.88 Å². The standard InChI is InChI=1S/C38H46FN7O8S/c1-21(2)28-18-30(54-44-28)33(48)41-27-13-9-7-5-6-8-11-23-19-38(23,36(50)45-55(51,52)37(4)15-16-37)43-32(47)29-17-24(20-46(29)35(27)49)53-34-22(3)40-26-14-10-12-25(39)31(26)42-34/h8,10-12,14,18,21,23-24,27,29H,5-7,9,13,15-17,19-20H2,1-4H3,(H,41,48)(H,43,47)(H,45,50)/b11-8-/t23?,24-,27+,29+,38-/m1/s1. The number of rotatable bonds is 8. The number of halogens is 1. The number of carbonyl (C=O) groups excluding carboxylic acids is 4. The maximum absolute atomic E-state index is 14.7. The van der Waals surface area contributed by atoms with Gasteiger partial charge in [-0.25, -0.2) is 22.8 Å². The zero-order valence-corrected chi connectivity index (χ0v) is 32.1. The molecule has 2 aromatic heterocycles. The Morgan fingerprint density at radius 3 is 2.65 bits per heavy atom. The van der Waals surface area contributed by atoms with Crippen LogP contribution in [0.2, 0.25) is 0 Å². The Labute approximate surface area is 318 Å². The SMILES string of the molecule is Cc1nc2cccc(F)c2nc1O[C@@H]1C[C@H]2C(=O)N[C@]3(C(=O)NS(=O)(=O)C4(C)CC4)CC3/C=C\CCCCC[C@H](NC(=O)c3cc(C(C)C)no3)C(=O)N2C1. The summed E-state index contributed by atoms with van der Waals surface area (Å²) in [5.41, 5.74) is -0.295. The first-order valence-corrected chi connectivity index (χ1v) is 20.3. The highest BCUT2D eigenvalue weighted by molar-refractivity contribution is 7.91. The molecule has 4 amide bonds. The lowest BCUT2D eigenvalue weighted by molar-refractivity contribution is -0.141. The van der Waals surface area contributed by atoms with Crippen molar-refractivity contribution in [3.05, 3.63) is 59.4 Å². The highest BCUT2D eigenvalue weighted by Crippen LogP contribution is 2.47. The molecule has 3 fully saturated rings. The molecule has 1 saturated heterocycles. The van der Waals surface area contributed by atoms with E-state index in [1.165, 1.54) is 23.1 Å². The van der Waals surface area contributed by atoms with Crippen LogP contribution in [0.15, 0.2) is 40.9 Å². The fourth-order valence-electron chi connectivity index (χ4n) is 7.23. The predicted octanol–water partition coefficient (Wildman–Crippen LogP) is 3.73. The van der Waals surface area contributed by atoms with Crippen molar-refractivity contribution in [2.24, 2.45) is 5.92 Å². The van der Waals surface area contributed by atoms with E-state index in [1.807, 2.05) is 26.0 Å². The molecule has 2 aliphatic carbocycles. The molecule has 294 valence electrons. The van der Waals surface area contributed by atoms with Crippen molar-refractivity contribution < 1.29 is 41.2 Å². The van der Waals surface area contributed by atoms with E-state index in [4.69, 9.17) is 9.26 Å². The Kier molecular flexibility index (Phi) is 10.2. The van der Waals surface area contributed by atoms with Crippen molar-refractivity contribution in [2.45, 2.75) is 120 Å². The third kappa shape index (κ3) is 7.67. The van der Waals surface area contributed by atoms with Crippen LogP contribution in [0.4, 0.5) is 4.39 Å². The topological polar surface area (TPSA) is 203 Å². The first kappa shape index (κ1) is 38.3. The minimum absolute atomic E-state index is 0.000917. The maximum atomic E-state index is 14.7. The van der Waals surface area contributed by atoms with Gasteiger partial charge in [0.1, 0.15) is 34.9 Å². The number of amides is 4. The molecule has 4 aliphatic rings. The van der Waals surface area contributed by atoms with Crippen LogP contribution >= 0.6 is 0 Å². The normalized spacial score (nSPS) is 27.3. The van der Waals surface area contributed by atoms with Gasteiger partial charge in [-0.2, -0.15) is 0 Å². The molecule has 7 rings (SSSR count). The van der Waals surface area contributed by atoms with Crippen LogP contribution in [0.25, 0.3) is 11.0 Å². The zero-order chi connectivity index (χ0) is 39.3. The van der Waals surface area contributed by atoms with Crippen LogP contribution in [0.5, 0.6) is 5.88 Å². The second-order valence-electron chi connectivity index (χ2n) is 15.7. The number of hydrogen-bond acceptors (Lipinski definition) is 11. The van der Waals surface area contributed by atoms with Gasteiger partial charge in [0.2, 0.25) is 33.5 Å². The predicted molar refractivity (Wildman–Crippen MR) is 197 cm³/mol. The molecule has 2 saturated carbocycles. The maximum Gasteiger partial charge on any atom is 0.290 e. The molecule has 3 aromatic rings. The third-order valence-electron chi connectivity index (χ3n) is 11.2. The Bertz CT molecular complexity index is 2170. The lowest BCUT2D eigenvalue weighted by Gasteiger charge is -2.29. The molecule has 5 atom stereocenters. The van der Waals surface area contributed by atoms with Crippen molar-refractivity contribution in [2.75, 3.05) is 6.54 Å². The second kappa shape index (κ2) is 14.6. The summed E-state index contributed by atoms with van der Waals surface area (Å²) in [5, 5.41) is 9.61. The lowest BCUT2D eigenvalue weighted by atomic mass is 10.0. The summed E-state index contributed by atoms with van der Waals surface area (Å²) >= 11 is 0.